The van der Waals surface area contributed by atoms with Crippen molar-refractivity contribution in [1.29, 1.82) is 0 Å². The molecule has 1 N–H and O–H groups in total. The Labute approximate surface area is 213 Å². The first-order chi connectivity index (χ1) is 16.4. The van der Waals surface area contributed by atoms with Gasteiger partial charge in [-0.15, -0.1) is 11.3 Å². The Morgan fingerprint density at radius 2 is 2.00 bits per heavy atom. The Hall–Kier alpha value is -2.16. The van der Waals surface area contributed by atoms with E-state index in [2.05, 4.69) is 36.4 Å². The van der Waals surface area contributed by atoms with Crippen LogP contribution in [0.1, 0.15) is 59.7 Å². The van der Waals surface area contributed by atoms with Gasteiger partial charge in [0, 0.05) is 33.1 Å². The van der Waals surface area contributed by atoms with Gasteiger partial charge in [0.2, 0.25) is 0 Å². The molecule has 5 rings (SSSR count). The minimum atomic E-state index is -0.235. The Kier molecular flexibility index (Phi) is 6.82. The number of hydrogen-bond acceptors (Lipinski definition) is 5. The van der Waals surface area contributed by atoms with Crippen LogP contribution in [0.3, 0.4) is 0 Å². The van der Waals surface area contributed by atoms with E-state index in [1.165, 1.54) is 6.42 Å². The number of thiophene rings is 1. The lowest BCUT2D eigenvalue weighted by atomic mass is 9.99. The number of carbonyl (C=O) groups is 1. The van der Waals surface area contributed by atoms with Gasteiger partial charge in [-0.25, -0.2) is 9.69 Å². The standard InChI is InChI=1S/C25H26Cl2N4O2S/c1-15-5-3-6-16(2)30(15)29-25(32)23-20-14-33-13-17(11-19-7-4-10-34-19)24(20)31(28-23)22-9-8-18(26)12-21(22)27/h4,7-12,15-16H,3,5-6,13-14H2,1-2H3,(H,29,32). The molecule has 1 fully saturated rings. The van der Waals surface area contributed by atoms with Crippen LogP contribution in [-0.4, -0.2) is 39.4 Å². The fourth-order valence-corrected chi connectivity index (χ4v) is 5.90. The van der Waals surface area contributed by atoms with Crippen molar-refractivity contribution in [2.75, 3.05) is 6.61 Å². The van der Waals surface area contributed by atoms with E-state index in [1.807, 2.05) is 17.5 Å². The van der Waals surface area contributed by atoms with Crippen molar-refractivity contribution in [3.63, 3.8) is 0 Å². The van der Waals surface area contributed by atoms with Crippen molar-refractivity contribution < 1.29 is 9.53 Å². The molecule has 2 atom stereocenters. The van der Waals surface area contributed by atoms with E-state index in [0.29, 0.717) is 34.6 Å². The summed E-state index contributed by atoms with van der Waals surface area (Å²) < 4.78 is 7.67. The lowest BCUT2D eigenvalue weighted by Gasteiger charge is -2.38. The van der Waals surface area contributed by atoms with Gasteiger partial charge < -0.3 is 4.74 Å². The van der Waals surface area contributed by atoms with Crippen LogP contribution in [0.2, 0.25) is 10.0 Å². The Bertz CT molecular complexity index is 1230. The maximum absolute atomic E-state index is 13.5. The number of hydrazine groups is 1. The summed E-state index contributed by atoms with van der Waals surface area (Å²) in [6.07, 6.45) is 5.35. The summed E-state index contributed by atoms with van der Waals surface area (Å²) in [6, 6.07) is 9.88. The highest BCUT2D eigenvalue weighted by atomic mass is 35.5. The lowest BCUT2D eigenvalue weighted by Crippen LogP contribution is -2.54. The molecule has 9 heteroatoms. The smallest absolute Gasteiger partial charge is 0.286 e. The van der Waals surface area contributed by atoms with E-state index in [4.69, 9.17) is 33.0 Å². The van der Waals surface area contributed by atoms with E-state index in [0.717, 1.165) is 34.5 Å². The van der Waals surface area contributed by atoms with Crippen molar-refractivity contribution in [2.24, 2.45) is 0 Å². The van der Waals surface area contributed by atoms with E-state index in [-0.39, 0.29) is 18.0 Å². The minimum Gasteiger partial charge on any atom is -0.372 e. The molecule has 2 aliphatic rings. The maximum Gasteiger partial charge on any atom is 0.286 e. The highest BCUT2D eigenvalue weighted by Gasteiger charge is 2.32. The van der Waals surface area contributed by atoms with Crippen LogP contribution < -0.4 is 5.43 Å². The van der Waals surface area contributed by atoms with Crippen molar-refractivity contribution in [3.05, 3.63) is 67.6 Å². The zero-order valence-corrected chi connectivity index (χ0v) is 21.4. The first-order valence-corrected chi connectivity index (χ1v) is 13.0. The van der Waals surface area contributed by atoms with Gasteiger partial charge in [-0.05, 0) is 62.4 Å². The monoisotopic (exact) mass is 516 g/mol. The topological polar surface area (TPSA) is 59.4 Å². The fraction of sp³-hybridized carbons (Fsp3) is 0.360. The van der Waals surface area contributed by atoms with Gasteiger partial charge >= 0.3 is 0 Å². The van der Waals surface area contributed by atoms with E-state index in [9.17, 15) is 4.79 Å². The SMILES string of the molecule is CC1CCCC(C)N1NC(=O)c1nn(-c2ccc(Cl)cc2Cl)c2c1COCC2=Cc1cccs1. The van der Waals surface area contributed by atoms with Crippen LogP contribution in [0.25, 0.3) is 17.3 Å². The second-order valence-electron chi connectivity index (χ2n) is 8.84. The number of rotatable bonds is 4. The van der Waals surface area contributed by atoms with Crippen LogP contribution in [0.15, 0.2) is 35.7 Å². The molecule has 1 saturated heterocycles. The van der Waals surface area contributed by atoms with Gasteiger partial charge in [0.05, 0.1) is 29.6 Å². The molecule has 2 unspecified atom stereocenters. The second kappa shape index (κ2) is 9.84. The van der Waals surface area contributed by atoms with Crippen molar-refractivity contribution in [1.82, 2.24) is 20.2 Å². The normalized spacial score (nSPS) is 22.1. The number of halogens is 2. The fourth-order valence-electron chi connectivity index (χ4n) is 4.73. The molecular formula is C25H26Cl2N4O2S. The highest BCUT2D eigenvalue weighted by molar-refractivity contribution is 7.10. The third-order valence-corrected chi connectivity index (χ3v) is 7.79. The second-order valence-corrected chi connectivity index (χ2v) is 10.7. The summed E-state index contributed by atoms with van der Waals surface area (Å²) in [7, 11) is 0. The highest BCUT2D eigenvalue weighted by Crippen LogP contribution is 2.35. The summed E-state index contributed by atoms with van der Waals surface area (Å²) in [5.41, 5.74) is 6.69. The van der Waals surface area contributed by atoms with E-state index in [1.54, 1.807) is 28.2 Å². The van der Waals surface area contributed by atoms with Crippen LogP contribution in [0.5, 0.6) is 0 Å². The van der Waals surface area contributed by atoms with Crippen LogP contribution >= 0.6 is 34.5 Å². The summed E-state index contributed by atoms with van der Waals surface area (Å²) >= 11 is 14.4. The number of aromatic nitrogens is 2. The molecule has 178 valence electrons. The van der Waals surface area contributed by atoms with Gasteiger partial charge in [0.1, 0.15) is 0 Å². The number of hydrogen-bond donors (Lipinski definition) is 1. The quantitative estimate of drug-likeness (QED) is 0.447. The van der Waals surface area contributed by atoms with Crippen LogP contribution in [0, 0.1) is 0 Å². The molecule has 0 aliphatic carbocycles. The molecule has 2 aromatic heterocycles. The molecule has 0 saturated carbocycles. The first kappa shape index (κ1) is 23.6. The number of amides is 1. The molecule has 0 bridgehead atoms. The molecule has 2 aliphatic heterocycles. The summed E-state index contributed by atoms with van der Waals surface area (Å²) in [5, 5.41) is 9.87. The molecule has 1 aromatic carbocycles. The molecule has 1 amide bonds. The number of piperidine rings is 1. The molecule has 6 nitrogen and oxygen atoms in total. The number of carbonyl (C=O) groups excluding carboxylic acids is 1. The molecule has 3 aromatic rings. The third kappa shape index (κ3) is 4.55. The van der Waals surface area contributed by atoms with Gasteiger partial charge in [0.25, 0.3) is 5.91 Å². The Morgan fingerprint density at radius 3 is 2.71 bits per heavy atom. The average Bonchev–Trinajstić information content (AvgIpc) is 3.45. The average molecular weight is 517 g/mol. The van der Waals surface area contributed by atoms with Crippen molar-refractivity contribution >= 4 is 52.1 Å². The van der Waals surface area contributed by atoms with Crippen molar-refractivity contribution in [3.8, 4) is 5.69 Å². The third-order valence-electron chi connectivity index (χ3n) is 6.43. The minimum absolute atomic E-state index is 0.235. The maximum atomic E-state index is 13.5. The van der Waals surface area contributed by atoms with Crippen LogP contribution in [0.4, 0.5) is 0 Å². The molecular weight excluding hydrogens is 491 g/mol. The number of nitrogens with zero attached hydrogens (tertiary/aromatic N) is 3. The Morgan fingerprint density at radius 1 is 1.21 bits per heavy atom. The molecule has 4 heterocycles. The molecule has 34 heavy (non-hydrogen) atoms. The summed E-state index contributed by atoms with van der Waals surface area (Å²) in [5.74, 6) is -0.235. The van der Waals surface area contributed by atoms with Gasteiger partial charge in [-0.3, -0.25) is 10.2 Å². The zero-order chi connectivity index (χ0) is 23.8. The lowest BCUT2D eigenvalue weighted by molar-refractivity contribution is 0.0363. The van der Waals surface area contributed by atoms with E-state index >= 15 is 0 Å². The van der Waals surface area contributed by atoms with Crippen molar-refractivity contribution in [2.45, 2.75) is 51.8 Å². The first-order valence-electron chi connectivity index (χ1n) is 11.4. The predicted molar refractivity (Wildman–Crippen MR) is 138 cm³/mol. The van der Waals surface area contributed by atoms with Gasteiger partial charge in [-0.2, -0.15) is 5.10 Å². The number of benzene rings is 1. The molecule has 0 spiro atoms. The number of ether oxygens (including phenoxy) is 1. The van der Waals surface area contributed by atoms with Crippen LogP contribution in [-0.2, 0) is 11.3 Å². The zero-order valence-electron chi connectivity index (χ0n) is 19.1. The predicted octanol–water partition coefficient (Wildman–Crippen LogP) is 6.22. The van der Waals surface area contributed by atoms with Gasteiger partial charge in [0.15, 0.2) is 5.69 Å². The molecule has 0 radical (unpaired) electrons. The number of nitrogens with one attached hydrogen (secondary N) is 1. The summed E-state index contributed by atoms with van der Waals surface area (Å²) in [4.78, 5) is 14.6. The largest absolute Gasteiger partial charge is 0.372 e. The van der Waals surface area contributed by atoms with E-state index < -0.39 is 0 Å². The number of fused-ring (bicyclic) bond motifs is 1. The van der Waals surface area contributed by atoms with Gasteiger partial charge in [-0.1, -0.05) is 35.7 Å². The summed E-state index contributed by atoms with van der Waals surface area (Å²) in [6.45, 7) is 5.00. The Balaban J connectivity index is 1.61.